The van der Waals surface area contributed by atoms with Crippen LogP contribution in [0.4, 0.5) is 4.39 Å². The molecule has 126 valence electrons. The highest BCUT2D eigenvalue weighted by atomic mass is 79.9. The Bertz CT molecular complexity index is 753. The monoisotopic (exact) mass is 393 g/mol. The van der Waals surface area contributed by atoms with E-state index in [4.69, 9.17) is 9.47 Å². The zero-order chi connectivity index (χ0) is 17.1. The molecule has 0 radical (unpaired) electrons. The number of hydrogen-bond acceptors (Lipinski definition) is 3. The molecule has 4 nitrogen and oxygen atoms in total. The van der Waals surface area contributed by atoms with E-state index in [0.717, 1.165) is 5.56 Å². The first kappa shape index (κ1) is 16.8. The molecule has 2 aromatic carbocycles. The molecule has 2 atom stereocenters. The first-order valence-electron chi connectivity index (χ1n) is 7.68. The average molecular weight is 394 g/mol. The summed E-state index contributed by atoms with van der Waals surface area (Å²) < 4.78 is 25.1. The van der Waals surface area contributed by atoms with Crippen LogP contribution in [0, 0.1) is 5.82 Å². The van der Waals surface area contributed by atoms with Crippen LogP contribution in [0.15, 0.2) is 46.9 Å². The summed E-state index contributed by atoms with van der Waals surface area (Å²) in [6.07, 6.45) is -0.469. The van der Waals surface area contributed by atoms with Gasteiger partial charge in [0, 0.05) is 6.54 Å². The van der Waals surface area contributed by atoms with Crippen LogP contribution in [0.5, 0.6) is 11.5 Å². The molecule has 1 heterocycles. The lowest BCUT2D eigenvalue weighted by molar-refractivity contribution is -0.133. The van der Waals surface area contributed by atoms with E-state index < -0.39 is 6.10 Å². The predicted octanol–water partition coefficient (Wildman–Crippen LogP) is 3.48. The molecule has 0 spiro atoms. The lowest BCUT2D eigenvalue weighted by Gasteiger charge is -2.31. The van der Waals surface area contributed by atoms with E-state index in [2.05, 4.69) is 21.2 Å². The number of benzene rings is 2. The Hall–Kier alpha value is -2.08. The van der Waals surface area contributed by atoms with Crippen molar-refractivity contribution in [3.63, 3.8) is 0 Å². The Labute approximate surface area is 148 Å². The minimum Gasteiger partial charge on any atom is -0.482 e. The van der Waals surface area contributed by atoms with Crippen molar-refractivity contribution in [2.24, 2.45) is 0 Å². The quantitative estimate of drug-likeness (QED) is 0.864. The average Bonchev–Trinajstić information content (AvgIpc) is 2.57. The largest absolute Gasteiger partial charge is 0.482 e. The highest BCUT2D eigenvalue weighted by molar-refractivity contribution is 9.10. The smallest absolute Gasteiger partial charge is 0.265 e. The van der Waals surface area contributed by atoms with Crippen molar-refractivity contribution in [1.29, 1.82) is 0 Å². The zero-order valence-corrected chi connectivity index (χ0v) is 14.7. The van der Waals surface area contributed by atoms with Gasteiger partial charge in [0.05, 0.1) is 4.47 Å². The van der Waals surface area contributed by atoms with E-state index in [1.54, 1.807) is 25.1 Å². The lowest BCUT2D eigenvalue weighted by atomic mass is 10.1. The van der Waals surface area contributed by atoms with Crippen molar-refractivity contribution in [2.75, 3.05) is 6.54 Å². The Morgan fingerprint density at radius 1 is 1.21 bits per heavy atom. The summed E-state index contributed by atoms with van der Waals surface area (Å²) in [5, 5.41) is 2.84. The molecule has 24 heavy (non-hydrogen) atoms. The van der Waals surface area contributed by atoms with Crippen molar-refractivity contribution in [2.45, 2.75) is 25.6 Å². The second-order valence-electron chi connectivity index (χ2n) is 5.60. The number of fused-ring (bicyclic) bond motifs is 1. The van der Waals surface area contributed by atoms with Crippen molar-refractivity contribution in [3.8, 4) is 11.5 Å². The molecule has 0 fully saturated rings. The fourth-order valence-corrected chi connectivity index (χ4v) is 2.96. The van der Waals surface area contributed by atoms with Gasteiger partial charge in [-0.25, -0.2) is 4.39 Å². The third-order valence-corrected chi connectivity index (χ3v) is 4.41. The van der Waals surface area contributed by atoms with Crippen molar-refractivity contribution >= 4 is 21.8 Å². The summed E-state index contributed by atoms with van der Waals surface area (Å²) in [5.74, 6) is 0.685. The SMILES string of the molecule is CC1Oc2ccccc2OC1C(=O)NCCc1ccc(F)c(Br)c1. The van der Waals surface area contributed by atoms with Crippen LogP contribution in [0.1, 0.15) is 12.5 Å². The molecule has 1 N–H and O–H groups in total. The van der Waals surface area contributed by atoms with Gasteiger partial charge in [-0.15, -0.1) is 0 Å². The molecule has 0 aromatic heterocycles. The van der Waals surface area contributed by atoms with E-state index in [1.807, 2.05) is 18.2 Å². The Morgan fingerprint density at radius 3 is 2.62 bits per heavy atom. The number of carbonyl (C=O) groups is 1. The van der Waals surface area contributed by atoms with Gasteiger partial charge in [-0.3, -0.25) is 4.79 Å². The van der Waals surface area contributed by atoms with Crippen LogP contribution in [0.25, 0.3) is 0 Å². The molecule has 1 aliphatic heterocycles. The molecule has 0 bridgehead atoms. The summed E-state index contributed by atoms with van der Waals surface area (Å²) in [5.41, 5.74) is 0.933. The van der Waals surface area contributed by atoms with Gasteiger partial charge in [0.25, 0.3) is 5.91 Å². The van der Waals surface area contributed by atoms with Gasteiger partial charge < -0.3 is 14.8 Å². The first-order chi connectivity index (χ1) is 11.5. The van der Waals surface area contributed by atoms with Gasteiger partial charge in [0.1, 0.15) is 11.9 Å². The standard InChI is InChI=1S/C18H17BrFNO3/c1-11-17(24-16-5-3-2-4-15(16)23-11)18(22)21-9-8-12-6-7-14(20)13(19)10-12/h2-7,10-11,17H,8-9H2,1H3,(H,21,22). The third-order valence-electron chi connectivity index (χ3n) is 3.80. The Kier molecular flexibility index (Phi) is 5.04. The summed E-state index contributed by atoms with van der Waals surface area (Å²) in [6, 6.07) is 12.1. The van der Waals surface area contributed by atoms with Gasteiger partial charge >= 0.3 is 0 Å². The number of carbonyl (C=O) groups excluding carboxylic acids is 1. The molecule has 2 aromatic rings. The fourth-order valence-electron chi connectivity index (χ4n) is 2.53. The van der Waals surface area contributed by atoms with E-state index in [0.29, 0.717) is 28.9 Å². The van der Waals surface area contributed by atoms with Crippen molar-refractivity contribution in [1.82, 2.24) is 5.32 Å². The third kappa shape index (κ3) is 3.70. The fraction of sp³-hybridized carbons (Fsp3) is 0.278. The normalized spacial score (nSPS) is 19.0. The van der Waals surface area contributed by atoms with Gasteiger partial charge in [0.15, 0.2) is 11.5 Å². The molecule has 2 unspecified atom stereocenters. The second-order valence-corrected chi connectivity index (χ2v) is 6.45. The number of halogens is 2. The van der Waals surface area contributed by atoms with E-state index in [-0.39, 0.29) is 17.8 Å². The number of amides is 1. The molecule has 0 aliphatic carbocycles. The lowest BCUT2D eigenvalue weighted by Crippen LogP contribution is -2.49. The van der Waals surface area contributed by atoms with Crippen LogP contribution >= 0.6 is 15.9 Å². The maximum atomic E-state index is 13.2. The predicted molar refractivity (Wildman–Crippen MR) is 91.8 cm³/mol. The number of rotatable bonds is 4. The molecule has 1 aliphatic rings. The summed E-state index contributed by atoms with van der Waals surface area (Å²) in [6.45, 7) is 2.24. The topological polar surface area (TPSA) is 47.6 Å². The van der Waals surface area contributed by atoms with E-state index in [9.17, 15) is 9.18 Å². The van der Waals surface area contributed by atoms with Crippen LogP contribution in [0.2, 0.25) is 0 Å². The first-order valence-corrected chi connectivity index (χ1v) is 8.48. The molecule has 1 amide bonds. The number of nitrogens with one attached hydrogen (secondary N) is 1. The van der Waals surface area contributed by atoms with Gasteiger partial charge in [-0.05, 0) is 59.1 Å². The summed E-state index contributed by atoms with van der Waals surface area (Å²) in [4.78, 5) is 12.3. The van der Waals surface area contributed by atoms with Crippen LogP contribution in [-0.2, 0) is 11.2 Å². The van der Waals surface area contributed by atoms with E-state index in [1.165, 1.54) is 6.07 Å². The van der Waals surface area contributed by atoms with Crippen LogP contribution in [0.3, 0.4) is 0 Å². The highest BCUT2D eigenvalue weighted by Crippen LogP contribution is 2.33. The maximum Gasteiger partial charge on any atom is 0.265 e. The molecular formula is C18H17BrFNO3. The maximum absolute atomic E-state index is 13.2. The number of ether oxygens (including phenoxy) is 2. The second kappa shape index (κ2) is 7.21. The number of para-hydroxylation sites is 2. The minimum atomic E-state index is -0.695. The highest BCUT2D eigenvalue weighted by Gasteiger charge is 2.33. The molecule has 6 heteroatoms. The summed E-state index contributed by atoms with van der Waals surface area (Å²) >= 11 is 3.15. The van der Waals surface area contributed by atoms with Crippen LogP contribution < -0.4 is 14.8 Å². The molecular weight excluding hydrogens is 377 g/mol. The Morgan fingerprint density at radius 2 is 1.92 bits per heavy atom. The molecule has 3 rings (SSSR count). The Balaban J connectivity index is 1.56. The van der Waals surface area contributed by atoms with Crippen LogP contribution in [-0.4, -0.2) is 24.7 Å². The van der Waals surface area contributed by atoms with E-state index >= 15 is 0 Å². The molecule has 0 saturated heterocycles. The number of hydrogen-bond donors (Lipinski definition) is 1. The van der Waals surface area contributed by atoms with Crippen molar-refractivity contribution in [3.05, 3.63) is 58.3 Å². The molecule has 0 saturated carbocycles. The minimum absolute atomic E-state index is 0.224. The zero-order valence-electron chi connectivity index (χ0n) is 13.1. The van der Waals surface area contributed by atoms with Gasteiger partial charge in [-0.1, -0.05) is 18.2 Å². The van der Waals surface area contributed by atoms with Crippen molar-refractivity contribution < 1.29 is 18.7 Å². The van der Waals surface area contributed by atoms with Gasteiger partial charge in [-0.2, -0.15) is 0 Å². The summed E-state index contributed by atoms with van der Waals surface area (Å²) in [7, 11) is 0. The van der Waals surface area contributed by atoms with Gasteiger partial charge in [0.2, 0.25) is 6.10 Å².